The van der Waals surface area contributed by atoms with Crippen molar-refractivity contribution in [2.24, 2.45) is 11.8 Å². The van der Waals surface area contributed by atoms with Gasteiger partial charge in [-0.3, -0.25) is 9.59 Å². The second kappa shape index (κ2) is 22.3. The van der Waals surface area contributed by atoms with Crippen LogP contribution in [0.15, 0.2) is 73.9 Å². The Kier molecular flexibility index (Phi) is 17.3. The minimum atomic E-state index is -0.595. The van der Waals surface area contributed by atoms with Gasteiger partial charge in [0.05, 0.1) is 37.8 Å². The number of benzene rings is 2. The van der Waals surface area contributed by atoms with Gasteiger partial charge in [-0.2, -0.15) is 0 Å². The molecule has 2 heterocycles. The number of carbonyl (C=O) groups is 4. The quantitative estimate of drug-likeness (QED) is 0.0658. The van der Waals surface area contributed by atoms with E-state index in [1.54, 1.807) is 22.0 Å². The van der Waals surface area contributed by atoms with Gasteiger partial charge in [0.25, 0.3) is 0 Å². The predicted molar refractivity (Wildman–Crippen MR) is 210 cm³/mol. The van der Waals surface area contributed by atoms with E-state index in [1.807, 2.05) is 50.2 Å². The highest BCUT2D eigenvalue weighted by Crippen LogP contribution is 2.36. The summed E-state index contributed by atoms with van der Waals surface area (Å²) in [6.07, 6.45) is 9.48. The Labute approximate surface area is 319 Å². The van der Waals surface area contributed by atoms with Crippen LogP contribution in [0.4, 0.5) is 11.4 Å². The summed E-state index contributed by atoms with van der Waals surface area (Å²) in [5.74, 6) is 0.789. The molecule has 2 atom stereocenters. The zero-order valence-corrected chi connectivity index (χ0v) is 31.8. The second-order valence-electron chi connectivity index (χ2n) is 13.7. The largest absolute Gasteiger partial charge is 0.493 e. The van der Waals surface area contributed by atoms with Crippen LogP contribution in [0.25, 0.3) is 0 Å². The molecule has 0 spiro atoms. The molecule has 12 nitrogen and oxygen atoms in total. The number of nitrogens with zero attached hydrogens (tertiary/aromatic N) is 2. The first-order valence-corrected chi connectivity index (χ1v) is 19.0. The van der Waals surface area contributed by atoms with Crippen molar-refractivity contribution in [1.82, 2.24) is 10.6 Å². The van der Waals surface area contributed by atoms with Crippen LogP contribution in [-0.4, -0.2) is 89.4 Å². The average Bonchev–Trinajstić information content (AvgIpc) is 3.17. The lowest BCUT2D eigenvalue weighted by molar-refractivity contribution is -0.141. The Morgan fingerprint density at radius 2 is 1.13 bits per heavy atom. The second-order valence-corrected chi connectivity index (χ2v) is 13.7. The summed E-state index contributed by atoms with van der Waals surface area (Å²) < 4.78 is 22.7. The Balaban J connectivity index is 1.00. The van der Waals surface area contributed by atoms with Gasteiger partial charge in [0, 0.05) is 74.1 Å². The Bertz CT molecular complexity index is 1510. The lowest BCUT2D eigenvalue weighted by Gasteiger charge is -2.29. The monoisotopic (exact) mass is 744 g/mol. The fourth-order valence-corrected chi connectivity index (χ4v) is 6.30. The van der Waals surface area contributed by atoms with Crippen LogP contribution in [0.2, 0.25) is 0 Å². The van der Waals surface area contributed by atoms with Crippen molar-refractivity contribution in [3.05, 3.63) is 85.0 Å². The number of ether oxygens (including phenoxy) is 4. The van der Waals surface area contributed by atoms with Gasteiger partial charge in [-0.1, -0.05) is 38.1 Å². The minimum absolute atomic E-state index is 0.0774. The molecule has 0 bridgehead atoms. The summed E-state index contributed by atoms with van der Waals surface area (Å²) in [6.45, 7) is 16.7. The molecule has 0 saturated heterocycles. The van der Waals surface area contributed by atoms with E-state index in [9.17, 15) is 19.2 Å². The van der Waals surface area contributed by atoms with E-state index >= 15 is 0 Å². The van der Waals surface area contributed by atoms with Crippen LogP contribution in [0.5, 0.6) is 11.5 Å². The van der Waals surface area contributed by atoms with Gasteiger partial charge in [-0.05, 0) is 63.0 Å². The Hall–Kier alpha value is -4.94. The topological polar surface area (TPSA) is 136 Å². The maximum atomic E-state index is 12.3. The number of rotatable bonds is 24. The van der Waals surface area contributed by atoms with Gasteiger partial charge in [0.2, 0.25) is 11.8 Å². The number of carbonyl (C=O) groups excluding carboxylic acids is 4. The molecule has 0 aromatic heterocycles. The van der Waals surface area contributed by atoms with Crippen LogP contribution in [-0.2, 0) is 41.5 Å². The molecule has 12 heteroatoms. The van der Waals surface area contributed by atoms with E-state index in [-0.39, 0.29) is 36.9 Å². The van der Waals surface area contributed by atoms with Crippen LogP contribution in [0.3, 0.4) is 0 Å². The minimum Gasteiger partial charge on any atom is -0.493 e. The first-order valence-electron chi connectivity index (χ1n) is 19.0. The smallest absolute Gasteiger partial charge is 0.331 e. The van der Waals surface area contributed by atoms with Crippen molar-refractivity contribution in [2.45, 2.75) is 52.4 Å². The normalized spacial score (nSPS) is 14.9. The third-order valence-corrected chi connectivity index (χ3v) is 9.07. The first kappa shape index (κ1) is 41.8. The molecule has 0 fully saturated rings. The molecular weight excluding hydrogens is 688 g/mol. The molecule has 2 aromatic rings. The van der Waals surface area contributed by atoms with Crippen molar-refractivity contribution < 1.29 is 38.1 Å². The van der Waals surface area contributed by atoms with E-state index < -0.39 is 11.9 Å². The zero-order chi connectivity index (χ0) is 38.7. The third-order valence-electron chi connectivity index (χ3n) is 9.07. The van der Waals surface area contributed by atoms with Gasteiger partial charge in [0.1, 0.15) is 11.5 Å². The molecule has 0 saturated carbocycles. The number of anilines is 2. The lowest BCUT2D eigenvalue weighted by Crippen LogP contribution is -2.35. The van der Waals surface area contributed by atoms with Gasteiger partial charge in [0.15, 0.2) is 0 Å². The molecule has 54 heavy (non-hydrogen) atoms. The molecule has 2 aliphatic heterocycles. The lowest BCUT2D eigenvalue weighted by atomic mass is 10.00. The molecule has 4 rings (SSSR count). The standard InChI is InChI=1S/C42H56N4O8/c1-5-23-45-35-11-7-13-37(33(35)15-17-39(45)47)51-25-9-21-43-27-31(3)29-53-41(49)19-20-42(50)54-30-32(4)28-44-22-10-26-52-38-14-8-12-36-34(38)16-18-40(48)46(36)24-6-2/h5-8,11-14,19-20,31-32,43-44H,1-2,9-10,15-18,21-30H2,3-4H3/b20-19+. The number of hydrogen-bond acceptors (Lipinski definition) is 10. The molecule has 0 radical (unpaired) electrons. The highest BCUT2D eigenvalue weighted by Gasteiger charge is 2.26. The summed E-state index contributed by atoms with van der Waals surface area (Å²) in [6, 6.07) is 11.6. The number of nitrogens with one attached hydrogen (secondary N) is 2. The summed E-state index contributed by atoms with van der Waals surface area (Å²) in [7, 11) is 0. The number of hydrogen-bond donors (Lipinski definition) is 2. The van der Waals surface area contributed by atoms with E-state index in [0.717, 1.165) is 72.1 Å². The Morgan fingerprint density at radius 3 is 1.54 bits per heavy atom. The average molecular weight is 745 g/mol. The number of amides is 2. The summed E-state index contributed by atoms with van der Waals surface area (Å²) >= 11 is 0. The van der Waals surface area contributed by atoms with Gasteiger partial charge < -0.3 is 39.4 Å². The molecule has 2 aromatic carbocycles. The maximum Gasteiger partial charge on any atom is 0.331 e. The zero-order valence-electron chi connectivity index (χ0n) is 31.8. The van der Waals surface area contributed by atoms with Crippen molar-refractivity contribution in [1.29, 1.82) is 0 Å². The molecule has 2 amide bonds. The van der Waals surface area contributed by atoms with Gasteiger partial charge >= 0.3 is 11.9 Å². The van der Waals surface area contributed by atoms with Crippen molar-refractivity contribution in [3.63, 3.8) is 0 Å². The van der Waals surface area contributed by atoms with Crippen LogP contribution >= 0.6 is 0 Å². The number of esters is 2. The SMILES string of the molecule is C=CCN1C(=O)CCc2c(OCCCNCC(C)COC(=O)/C=C/C(=O)OCC(C)CNCCCOc3cccc4c3CCC(=O)N4CC=C)cccc21. The van der Waals surface area contributed by atoms with Crippen molar-refractivity contribution >= 4 is 35.1 Å². The number of fused-ring (bicyclic) bond motifs is 2. The van der Waals surface area contributed by atoms with Crippen LogP contribution in [0.1, 0.15) is 50.7 Å². The highest BCUT2D eigenvalue weighted by atomic mass is 16.5. The molecule has 2 aliphatic rings. The first-order chi connectivity index (χ1) is 26.2. The molecule has 2 unspecified atom stereocenters. The third kappa shape index (κ3) is 12.9. The van der Waals surface area contributed by atoms with E-state index in [4.69, 9.17) is 18.9 Å². The summed E-state index contributed by atoms with van der Waals surface area (Å²) in [5, 5.41) is 6.72. The van der Waals surface area contributed by atoms with Gasteiger partial charge in [-0.25, -0.2) is 9.59 Å². The summed E-state index contributed by atoms with van der Waals surface area (Å²) in [4.78, 5) is 52.4. The van der Waals surface area contributed by atoms with Crippen LogP contribution in [0, 0.1) is 11.8 Å². The van der Waals surface area contributed by atoms with E-state index in [1.165, 1.54) is 0 Å². The van der Waals surface area contributed by atoms with Crippen molar-refractivity contribution in [2.75, 3.05) is 75.5 Å². The molecular formula is C42H56N4O8. The maximum absolute atomic E-state index is 12.3. The predicted octanol–water partition coefficient (Wildman–Crippen LogP) is 4.95. The fourth-order valence-electron chi connectivity index (χ4n) is 6.30. The fraction of sp³-hybridized carbons (Fsp3) is 0.476. The van der Waals surface area contributed by atoms with Gasteiger partial charge in [-0.15, -0.1) is 13.2 Å². The van der Waals surface area contributed by atoms with Crippen LogP contribution < -0.4 is 29.9 Å². The molecule has 2 N–H and O–H groups in total. The highest BCUT2D eigenvalue weighted by molar-refractivity contribution is 5.98. The van der Waals surface area contributed by atoms with Crippen molar-refractivity contribution in [3.8, 4) is 11.5 Å². The molecule has 292 valence electrons. The molecule has 0 aliphatic carbocycles. The Morgan fingerprint density at radius 1 is 0.704 bits per heavy atom. The van der Waals surface area contributed by atoms with E-state index in [0.29, 0.717) is 65.1 Å². The summed E-state index contributed by atoms with van der Waals surface area (Å²) in [5.41, 5.74) is 3.90. The van der Waals surface area contributed by atoms with E-state index in [2.05, 4.69) is 23.8 Å².